The van der Waals surface area contributed by atoms with E-state index >= 15 is 0 Å². The van der Waals surface area contributed by atoms with Gasteiger partial charge in [0.25, 0.3) is 5.91 Å². The molecule has 7 heteroatoms. The smallest absolute Gasteiger partial charge is 0.267 e. The predicted octanol–water partition coefficient (Wildman–Crippen LogP) is 2.16. The SMILES string of the molecule is Cc1nc(N)sc1C(=O)Nc1cccc2[nH]ncc12. The van der Waals surface area contributed by atoms with Gasteiger partial charge in [-0.2, -0.15) is 5.10 Å². The molecule has 4 N–H and O–H groups in total. The molecule has 6 nitrogen and oxygen atoms in total. The van der Waals surface area contributed by atoms with Gasteiger partial charge in [-0.3, -0.25) is 9.89 Å². The number of carbonyl (C=O) groups is 1. The fraction of sp³-hybridized carbons (Fsp3) is 0.0833. The van der Waals surface area contributed by atoms with Crippen molar-refractivity contribution < 1.29 is 4.79 Å². The lowest BCUT2D eigenvalue weighted by molar-refractivity contribution is 0.103. The van der Waals surface area contributed by atoms with Gasteiger partial charge in [-0.25, -0.2) is 4.98 Å². The van der Waals surface area contributed by atoms with Crippen LogP contribution in [0.1, 0.15) is 15.4 Å². The fourth-order valence-corrected chi connectivity index (χ4v) is 2.61. The summed E-state index contributed by atoms with van der Waals surface area (Å²) >= 11 is 1.18. The Hall–Kier alpha value is -2.41. The average molecular weight is 273 g/mol. The number of benzene rings is 1. The van der Waals surface area contributed by atoms with Crippen LogP contribution < -0.4 is 11.1 Å². The summed E-state index contributed by atoms with van der Waals surface area (Å²) < 4.78 is 0. The van der Waals surface area contributed by atoms with E-state index < -0.39 is 0 Å². The number of aromatic nitrogens is 3. The molecule has 3 rings (SSSR count). The molecule has 96 valence electrons. The number of anilines is 2. The first-order chi connectivity index (χ1) is 9.15. The summed E-state index contributed by atoms with van der Waals surface area (Å²) in [6, 6.07) is 5.58. The fourth-order valence-electron chi connectivity index (χ4n) is 1.88. The number of carbonyl (C=O) groups excluding carboxylic acids is 1. The van der Waals surface area contributed by atoms with E-state index in [0.717, 1.165) is 10.9 Å². The van der Waals surface area contributed by atoms with Gasteiger partial charge in [-0.1, -0.05) is 17.4 Å². The van der Waals surface area contributed by atoms with Crippen LogP contribution in [0.3, 0.4) is 0 Å². The van der Waals surface area contributed by atoms with Crippen LogP contribution in [0.2, 0.25) is 0 Å². The topological polar surface area (TPSA) is 96.7 Å². The third-order valence-electron chi connectivity index (χ3n) is 2.75. The maximum Gasteiger partial charge on any atom is 0.267 e. The van der Waals surface area contributed by atoms with E-state index in [0.29, 0.717) is 21.4 Å². The Labute approximate surface area is 112 Å². The molecule has 19 heavy (non-hydrogen) atoms. The van der Waals surface area contributed by atoms with E-state index in [1.165, 1.54) is 11.3 Å². The summed E-state index contributed by atoms with van der Waals surface area (Å²) in [5, 5.41) is 10.9. The minimum atomic E-state index is -0.208. The molecule has 0 atom stereocenters. The van der Waals surface area contributed by atoms with E-state index in [1.807, 2.05) is 18.2 Å². The van der Waals surface area contributed by atoms with Crippen molar-refractivity contribution >= 4 is 39.0 Å². The molecule has 2 aromatic heterocycles. The third kappa shape index (κ3) is 2.04. The summed E-state index contributed by atoms with van der Waals surface area (Å²) in [5.41, 5.74) is 7.82. The lowest BCUT2D eigenvalue weighted by Gasteiger charge is -2.04. The normalized spacial score (nSPS) is 10.8. The summed E-state index contributed by atoms with van der Waals surface area (Å²) in [6.07, 6.45) is 1.68. The number of amides is 1. The lowest BCUT2D eigenvalue weighted by Crippen LogP contribution is -2.11. The maximum atomic E-state index is 12.2. The first-order valence-electron chi connectivity index (χ1n) is 5.61. The molecule has 0 spiro atoms. The number of fused-ring (bicyclic) bond motifs is 1. The van der Waals surface area contributed by atoms with Gasteiger partial charge in [-0.15, -0.1) is 0 Å². The highest BCUT2D eigenvalue weighted by molar-refractivity contribution is 7.17. The number of nitrogens with one attached hydrogen (secondary N) is 2. The molecule has 0 fully saturated rings. The van der Waals surface area contributed by atoms with Crippen molar-refractivity contribution in [1.82, 2.24) is 15.2 Å². The number of rotatable bonds is 2. The van der Waals surface area contributed by atoms with Crippen molar-refractivity contribution in [2.45, 2.75) is 6.92 Å². The highest BCUT2D eigenvalue weighted by Gasteiger charge is 2.15. The Morgan fingerprint density at radius 1 is 1.47 bits per heavy atom. The van der Waals surface area contributed by atoms with Crippen LogP contribution in [0.4, 0.5) is 10.8 Å². The van der Waals surface area contributed by atoms with Crippen LogP contribution in [0.15, 0.2) is 24.4 Å². The summed E-state index contributed by atoms with van der Waals surface area (Å²) in [4.78, 5) is 16.8. The second-order valence-electron chi connectivity index (χ2n) is 4.06. The Balaban J connectivity index is 1.95. The molecule has 0 saturated carbocycles. The van der Waals surface area contributed by atoms with Crippen molar-refractivity contribution in [3.63, 3.8) is 0 Å². The Morgan fingerprint density at radius 3 is 3.05 bits per heavy atom. The number of hydrogen-bond donors (Lipinski definition) is 3. The lowest BCUT2D eigenvalue weighted by atomic mass is 10.2. The van der Waals surface area contributed by atoms with E-state index in [2.05, 4.69) is 20.5 Å². The van der Waals surface area contributed by atoms with Crippen molar-refractivity contribution in [3.8, 4) is 0 Å². The van der Waals surface area contributed by atoms with Crippen LogP contribution in [0.5, 0.6) is 0 Å². The number of hydrogen-bond acceptors (Lipinski definition) is 5. The van der Waals surface area contributed by atoms with Gasteiger partial charge >= 0.3 is 0 Å². The molecule has 0 aliphatic heterocycles. The molecular weight excluding hydrogens is 262 g/mol. The number of thiazole rings is 1. The first kappa shape index (κ1) is 11.7. The monoisotopic (exact) mass is 273 g/mol. The number of aryl methyl sites for hydroxylation is 1. The van der Waals surface area contributed by atoms with E-state index in [1.54, 1.807) is 13.1 Å². The molecule has 0 aliphatic rings. The third-order valence-corrected chi connectivity index (χ3v) is 3.74. The quantitative estimate of drug-likeness (QED) is 0.666. The molecular formula is C12H11N5OS. The Kier molecular flexibility index (Phi) is 2.68. The standard InChI is InChI=1S/C12H11N5OS/c1-6-10(19-12(13)15-6)11(18)16-8-3-2-4-9-7(8)5-14-17-9/h2-5H,1H3,(H2,13,15)(H,14,17)(H,16,18). The van der Waals surface area contributed by atoms with Crippen LogP contribution in [0.25, 0.3) is 10.9 Å². The highest BCUT2D eigenvalue weighted by Crippen LogP contribution is 2.24. The summed E-state index contributed by atoms with van der Waals surface area (Å²) in [6.45, 7) is 1.76. The van der Waals surface area contributed by atoms with Gasteiger partial charge in [-0.05, 0) is 19.1 Å². The maximum absolute atomic E-state index is 12.2. The predicted molar refractivity (Wildman–Crippen MR) is 75.3 cm³/mol. The largest absolute Gasteiger partial charge is 0.375 e. The van der Waals surface area contributed by atoms with Crippen LogP contribution >= 0.6 is 11.3 Å². The molecule has 1 amide bonds. The minimum Gasteiger partial charge on any atom is -0.375 e. The van der Waals surface area contributed by atoms with Crippen molar-refractivity contribution in [2.24, 2.45) is 0 Å². The van der Waals surface area contributed by atoms with Gasteiger partial charge in [0.2, 0.25) is 0 Å². The molecule has 0 saturated heterocycles. The number of nitrogen functional groups attached to an aromatic ring is 1. The van der Waals surface area contributed by atoms with Gasteiger partial charge in [0.05, 0.1) is 23.1 Å². The molecule has 0 radical (unpaired) electrons. The number of H-pyrrole nitrogens is 1. The van der Waals surface area contributed by atoms with Crippen LogP contribution in [-0.2, 0) is 0 Å². The molecule has 1 aromatic carbocycles. The number of nitrogens with two attached hydrogens (primary N) is 1. The van der Waals surface area contributed by atoms with Gasteiger partial charge in [0.1, 0.15) is 4.88 Å². The second-order valence-corrected chi connectivity index (χ2v) is 5.09. The van der Waals surface area contributed by atoms with Crippen molar-refractivity contribution in [2.75, 3.05) is 11.1 Å². The minimum absolute atomic E-state index is 0.208. The van der Waals surface area contributed by atoms with Crippen molar-refractivity contribution in [1.29, 1.82) is 0 Å². The number of nitrogens with zero attached hydrogens (tertiary/aromatic N) is 2. The van der Waals surface area contributed by atoms with Gasteiger partial charge in [0, 0.05) is 5.39 Å². The summed E-state index contributed by atoms with van der Waals surface area (Å²) in [5.74, 6) is -0.208. The number of aromatic amines is 1. The molecule has 0 bridgehead atoms. The van der Waals surface area contributed by atoms with Crippen LogP contribution in [0, 0.1) is 6.92 Å². The molecule has 3 aromatic rings. The zero-order valence-electron chi connectivity index (χ0n) is 10.1. The molecule has 0 aliphatic carbocycles. The average Bonchev–Trinajstić information content (AvgIpc) is 2.96. The summed E-state index contributed by atoms with van der Waals surface area (Å²) in [7, 11) is 0. The van der Waals surface area contributed by atoms with E-state index in [4.69, 9.17) is 5.73 Å². The first-order valence-corrected chi connectivity index (χ1v) is 6.43. The van der Waals surface area contributed by atoms with Crippen molar-refractivity contribution in [3.05, 3.63) is 35.0 Å². The zero-order valence-corrected chi connectivity index (χ0v) is 10.9. The van der Waals surface area contributed by atoms with Gasteiger partial charge < -0.3 is 11.1 Å². The highest BCUT2D eigenvalue weighted by atomic mass is 32.1. The van der Waals surface area contributed by atoms with E-state index in [-0.39, 0.29) is 5.91 Å². The second kappa shape index (κ2) is 4.36. The molecule has 0 unspecified atom stereocenters. The molecule has 2 heterocycles. The Morgan fingerprint density at radius 2 is 2.32 bits per heavy atom. The van der Waals surface area contributed by atoms with E-state index in [9.17, 15) is 4.79 Å². The van der Waals surface area contributed by atoms with Crippen LogP contribution in [-0.4, -0.2) is 21.1 Å². The van der Waals surface area contributed by atoms with Gasteiger partial charge in [0.15, 0.2) is 5.13 Å². The Bertz CT molecular complexity index is 760. The zero-order chi connectivity index (χ0) is 13.4.